The first kappa shape index (κ1) is 66.1. The number of ether oxygens (including phenoxy) is 1. The SMILES string of the molecule is CC(C)(C)C1=CC=C(C2C=CC=C(c3ccc(C(C)(C)C)cc3)C2N2C3=CC4Sc5cc(N(c6ccccc6)c6ccccc6)cc6c5B(C4C=C3B3c4c(cc(N(c5ccc(-c7ccccc7)cc5)c5ccccc5-c5ccccc5)cc42)OC2CCC=CC32)C2C=CC=CC2N6c2ccccc2)CC1. The number of thioether (sulfide) groups is 1. The van der Waals surface area contributed by atoms with Gasteiger partial charge in [0.05, 0.1) is 29.6 Å². The summed E-state index contributed by atoms with van der Waals surface area (Å²) in [5.74, 6) is 1.43. The van der Waals surface area contributed by atoms with Crippen molar-refractivity contribution in [1.29, 1.82) is 0 Å². The molecule has 106 heavy (non-hydrogen) atoms. The van der Waals surface area contributed by atoms with Crippen LogP contribution in [0.15, 0.2) is 355 Å². The molecule has 0 saturated carbocycles. The number of rotatable bonds is 12. The van der Waals surface area contributed by atoms with Crippen LogP contribution in [0, 0.1) is 11.3 Å². The van der Waals surface area contributed by atoms with Gasteiger partial charge in [0, 0.05) is 79.0 Å². The summed E-state index contributed by atoms with van der Waals surface area (Å²) in [5.41, 5.74) is 27.5. The molecule has 4 aliphatic heterocycles. The van der Waals surface area contributed by atoms with E-state index in [4.69, 9.17) is 4.74 Å². The Hall–Kier alpha value is -10.7. The lowest BCUT2D eigenvalue weighted by atomic mass is 9.24. The molecule has 5 nitrogen and oxygen atoms in total. The zero-order chi connectivity index (χ0) is 71.4. The Balaban J connectivity index is 0.885. The Morgan fingerprint density at radius 2 is 1.10 bits per heavy atom. The van der Waals surface area contributed by atoms with Crippen molar-refractivity contribution in [2.45, 2.75) is 118 Å². The van der Waals surface area contributed by atoms with Gasteiger partial charge in [-0.05, 0) is 171 Å². The molecular formula is C98H88B2N4OS. The highest BCUT2D eigenvalue weighted by atomic mass is 32.2. The summed E-state index contributed by atoms with van der Waals surface area (Å²) in [6.45, 7) is 14.3. The van der Waals surface area contributed by atoms with Crippen LogP contribution < -0.4 is 35.3 Å². The van der Waals surface area contributed by atoms with Gasteiger partial charge in [-0.15, -0.1) is 11.8 Å². The van der Waals surface area contributed by atoms with Gasteiger partial charge in [0.15, 0.2) is 6.71 Å². The molecule has 0 spiro atoms. The largest absolute Gasteiger partial charge is 0.491 e. The number of allylic oxidation sites excluding steroid dienone is 10. The van der Waals surface area contributed by atoms with E-state index in [0.29, 0.717) is 0 Å². The van der Waals surface area contributed by atoms with E-state index in [-0.39, 0.29) is 71.1 Å². The fraction of sp³-hybridized carbons (Fsp3) is 0.204. The van der Waals surface area contributed by atoms with Crippen molar-refractivity contribution in [1.82, 2.24) is 0 Å². The highest BCUT2D eigenvalue weighted by molar-refractivity contribution is 8.00. The van der Waals surface area contributed by atoms with Crippen molar-refractivity contribution in [3.63, 3.8) is 0 Å². The molecule has 10 aromatic rings. The van der Waals surface area contributed by atoms with E-state index in [2.05, 4.69) is 401 Å². The highest BCUT2D eigenvalue weighted by Crippen LogP contribution is 2.60. The summed E-state index contributed by atoms with van der Waals surface area (Å²) in [4.78, 5) is 12.0. The van der Waals surface area contributed by atoms with Crippen LogP contribution in [-0.2, 0) is 5.41 Å². The molecule has 518 valence electrons. The van der Waals surface area contributed by atoms with Crippen molar-refractivity contribution in [2.24, 2.45) is 11.3 Å². The number of nitrogens with zero attached hydrogens (tertiary/aromatic N) is 4. The van der Waals surface area contributed by atoms with Crippen molar-refractivity contribution in [2.75, 3.05) is 19.6 Å². The average Bonchev–Trinajstić information content (AvgIpc) is 0.690. The molecule has 0 radical (unpaired) electrons. The van der Waals surface area contributed by atoms with Gasteiger partial charge >= 0.3 is 0 Å². The van der Waals surface area contributed by atoms with Gasteiger partial charge in [0.2, 0.25) is 6.71 Å². The molecule has 19 rings (SSSR count). The fourth-order valence-electron chi connectivity index (χ4n) is 19.1. The molecular weight excluding hydrogens is 1300 g/mol. The van der Waals surface area contributed by atoms with Crippen LogP contribution >= 0.6 is 11.8 Å². The molecule has 8 atom stereocenters. The van der Waals surface area contributed by atoms with E-state index in [1.807, 2.05) is 0 Å². The van der Waals surface area contributed by atoms with Crippen LogP contribution in [0.2, 0.25) is 17.5 Å². The van der Waals surface area contributed by atoms with E-state index in [1.165, 1.54) is 88.6 Å². The summed E-state index contributed by atoms with van der Waals surface area (Å²) in [6.07, 6.45) is 36.8. The molecule has 0 fully saturated rings. The molecule has 0 saturated heterocycles. The topological polar surface area (TPSA) is 22.2 Å². The third-order valence-corrected chi connectivity index (χ3v) is 25.5. The molecule has 0 aromatic heterocycles. The Labute approximate surface area is 631 Å². The van der Waals surface area contributed by atoms with E-state index in [0.717, 1.165) is 71.1 Å². The highest BCUT2D eigenvalue weighted by Gasteiger charge is 2.57. The van der Waals surface area contributed by atoms with Crippen molar-refractivity contribution in [3.8, 4) is 28.0 Å². The molecule has 0 amide bonds. The number of hydrogen-bond acceptors (Lipinski definition) is 6. The van der Waals surface area contributed by atoms with Crippen molar-refractivity contribution in [3.05, 3.63) is 361 Å². The van der Waals surface area contributed by atoms with Gasteiger partial charge in [-0.2, -0.15) is 0 Å². The van der Waals surface area contributed by atoms with Crippen LogP contribution in [0.4, 0.5) is 51.2 Å². The molecule has 9 aliphatic rings. The second-order valence-corrected chi connectivity index (χ2v) is 33.6. The predicted octanol–water partition coefficient (Wildman–Crippen LogP) is 24.2. The summed E-state index contributed by atoms with van der Waals surface area (Å²) in [5, 5.41) is 0.0633. The van der Waals surface area contributed by atoms with Gasteiger partial charge in [-0.3, -0.25) is 0 Å². The maximum Gasteiger partial charge on any atom is 0.229 e. The fourth-order valence-corrected chi connectivity index (χ4v) is 20.6. The van der Waals surface area contributed by atoms with Gasteiger partial charge in [0.25, 0.3) is 0 Å². The van der Waals surface area contributed by atoms with Gasteiger partial charge < -0.3 is 24.3 Å². The first-order valence-electron chi connectivity index (χ1n) is 38.5. The zero-order valence-corrected chi connectivity index (χ0v) is 62.2. The van der Waals surface area contributed by atoms with E-state index >= 15 is 0 Å². The maximum absolute atomic E-state index is 7.91. The molecule has 5 aliphatic carbocycles. The number of benzene rings is 10. The quantitative estimate of drug-likeness (QED) is 0.0892. The molecule has 8 heteroatoms. The third-order valence-electron chi connectivity index (χ3n) is 24.2. The average molecular weight is 1390 g/mol. The lowest BCUT2D eigenvalue weighted by Gasteiger charge is -2.55. The van der Waals surface area contributed by atoms with Crippen LogP contribution in [0.1, 0.15) is 78.4 Å². The summed E-state index contributed by atoms with van der Waals surface area (Å²) in [6, 6.07) is 93.1. The lowest BCUT2D eigenvalue weighted by Crippen LogP contribution is -2.61. The van der Waals surface area contributed by atoms with E-state index < -0.39 is 0 Å². The second kappa shape index (κ2) is 26.7. The second-order valence-electron chi connectivity index (χ2n) is 32.4. The Bertz CT molecular complexity index is 5300. The summed E-state index contributed by atoms with van der Waals surface area (Å²) < 4.78 is 7.91. The van der Waals surface area contributed by atoms with Crippen LogP contribution in [-0.4, -0.2) is 36.9 Å². The minimum Gasteiger partial charge on any atom is -0.491 e. The normalized spacial score (nSPS) is 22.2. The molecule has 10 aromatic carbocycles. The lowest BCUT2D eigenvalue weighted by molar-refractivity contribution is 0.186. The molecule has 0 N–H and O–H groups in total. The third kappa shape index (κ3) is 11.6. The Morgan fingerprint density at radius 1 is 0.481 bits per heavy atom. The minimum atomic E-state index is -0.169. The van der Waals surface area contributed by atoms with Gasteiger partial charge in [0.1, 0.15) is 5.75 Å². The van der Waals surface area contributed by atoms with Crippen LogP contribution in [0.25, 0.3) is 27.8 Å². The monoisotopic (exact) mass is 1390 g/mol. The number of fused-ring (bicyclic) bond motifs is 8. The smallest absolute Gasteiger partial charge is 0.229 e. The Kier molecular flexibility index (Phi) is 16.7. The number of para-hydroxylation sites is 4. The number of anilines is 9. The van der Waals surface area contributed by atoms with Crippen LogP contribution in [0.5, 0.6) is 5.75 Å². The van der Waals surface area contributed by atoms with Crippen molar-refractivity contribution >= 4 is 92.9 Å². The van der Waals surface area contributed by atoms with E-state index in [9.17, 15) is 0 Å². The van der Waals surface area contributed by atoms with Gasteiger partial charge in [-0.25, -0.2) is 0 Å². The minimum absolute atomic E-state index is 0.0100. The Morgan fingerprint density at radius 3 is 1.79 bits per heavy atom. The first-order chi connectivity index (χ1) is 51.9. The zero-order valence-electron chi connectivity index (χ0n) is 61.4. The van der Waals surface area contributed by atoms with E-state index in [1.54, 1.807) is 0 Å². The summed E-state index contributed by atoms with van der Waals surface area (Å²) in [7, 11) is 0. The van der Waals surface area contributed by atoms with Gasteiger partial charge in [-0.1, -0.05) is 301 Å². The van der Waals surface area contributed by atoms with Crippen LogP contribution in [0.3, 0.4) is 0 Å². The predicted molar refractivity (Wildman–Crippen MR) is 451 cm³/mol. The molecule has 0 bridgehead atoms. The molecule has 4 heterocycles. The standard InChI is InChI=1S/C98H88B2N4OS/c1-97(2,3)70-53-47-68(48-54-70)79-40-28-41-80(69-49-55-71(56-50-69)98(4,5)6)96(79)104-87-64-92-84(99-81-42-23-26-45-86(81)103(74-37-20-11-21-38-74)89-60-77(62-93(106-92)95(89)99)101(72-33-16-9-17-34-72)73-35-18-10-19-36-73)63-83(87)100-82-43-24-27-46-90(82)105-91-61-76(59-88(104)94(91)100)102(75-57-51-66(52-58-75)65-29-12-7-13-30-65)85-44-25-22-39-78(85)67-31-14-8-15-32-67/h7-26,28-45,47-49,51-55,57-64,80-82,84,86,90,92,96H,27,46,50,56H2,1-6H3. The number of hydrogen-bond donors (Lipinski definition) is 0. The van der Waals surface area contributed by atoms with Crippen molar-refractivity contribution < 1.29 is 4.74 Å². The molecule has 8 unspecified atom stereocenters. The summed E-state index contributed by atoms with van der Waals surface area (Å²) >= 11 is 2.10. The maximum atomic E-state index is 7.91. The first-order valence-corrected chi connectivity index (χ1v) is 39.4.